The highest BCUT2D eigenvalue weighted by Gasteiger charge is 2.40. The molecule has 2 aliphatic rings. The monoisotopic (exact) mass is 249 g/mol. The first kappa shape index (κ1) is 12.2. The van der Waals surface area contributed by atoms with Gasteiger partial charge >= 0.3 is 0 Å². The predicted octanol–water partition coefficient (Wildman–Crippen LogP) is 1.95. The van der Waals surface area contributed by atoms with E-state index in [1.807, 2.05) is 12.5 Å². The molecule has 2 fully saturated rings. The molecule has 0 saturated carbocycles. The molecule has 0 spiro atoms. The van der Waals surface area contributed by atoms with Crippen LogP contribution in [0.2, 0.25) is 0 Å². The van der Waals surface area contributed by atoms with Crippen LogP contribution in [-0.4, -0.2) is 27.8 Å². The molecule has 18 heavy (non-hydrogen) atoms. The van der Waals surface area contributed by atoms with Crippen LogP contribution in [0, 0.1) is 5.92 Å². The second-order valence-electron chi connectivity index (χ2n) is 5.94. The maximum atomic E-state index is 5.92. The summed E-state index contributed by atoms with van der Waals surface area (Å²) in [4.78, 5) is 4.29. The van der Waals surface area contributed by atoms with Gasteiger partial charge in [0, 0.05) is 31.2 Å². The lowest BCUT2D eigenvalue weighted by Crippen LogP contribution is -2.26. The topological polar surface area (TPSA) is 39.1 Å². The maximum Gasteiger partial charge on any atom is 0.0948 e. The van der Waals surface area contributed by atoms with E-state index in [9.17, 15) is 0 Å². The Hall–Kier alpha value is -0.870. The zero-order valence-electron chi connectivity index (χ0n) is 11.3. The minimum absolute atomic E-state index is 0.503. The van der Waals surface area contributed by atoms with Crippen molar-refractivity contribution in [2.45, 2.75) is 64.4 Å². The molecule has 1 aromatic rings. The Balaban J connectivity index is 1.61. The summed E-state index contributed by atoms with van der Waals surface area (Å²) >= 11 is 0. The summed E-state index contributed by atoms with van der Waals surface area (Å²) in [5.41, 5.74) is 1.28. The van der Waals surface area contributed by atoms with Gasteiger partial charge in [0.1, 0.15) is 0 Å². The van der Waals surface area contributed by atoms with Gasteiger partial charge in [-0.1, -0.05) is 13.8 Å². The molecule has 0 aromatic carbocycles. The first-order valence-corrected chi connectivity index (χ1v) is 7.10. The SMILES string of the molecule is CC(C)NCc1cncn1CC1CC2CCC1O2. The van der Waals surface area contributed by atoms with Gasteiger partial charge in [0.15, 0.2) is 0 Å². The molecule has 4 nitrogen and oxygen atoms in total. The molecule has 1 aromatic heterocycles. The lowest BCUT2D eigenvalue weighted by molar-refractivity contribution is 0.0897. The first-order valence-electron chi connectivity index (χ1n) is 7.10. The molecule has 3 rings (SSSR count). The first-order chi connectivity index (χ1) is 8.72. The number of hydrogen-bond donors (Lipinski definition) is 1. The van der Waals surface area contributed by atoms with E-state index in [4.69, 9.17) is 4.74 Å². The quantitative estimate of drug-likeness (QED) is 0.867. The smallest absolute Gasteiger partial charge is 0.0948 e. The molecule has 1 N–H and O–H groups in total. The van der Waals surface area contributed by atoms with E-state index in [0.717, 1.165) is 13.1 Å². The highest BCUT2D eigenvalue weighted by Crippen LogP contribution is 2.39. The molecule has 3 heterocycles. The van der Waals surface area contributed by atoms with Crippen molar-refractivity contribution in [3.05, 3.63) is 18.2 Å². The Morgan fingerprint density at radius 3 is 3.06 bits per heavy atom. The second kappa shape index (κ2) is 5.02. The molecule has 2 bridgehead atoms. The van der Waals surface area contributed by atoms with Crippen molar-refractivity contribution in [3.8, 4) is 0 Å². The highest BCUT2D eigenvalue weighted by molar-refractivity contribution is 5.00. The van der Waals surface area contributed by atoms with E-state index in [1.165, 1.54) is 25.0 Å². The van der Waals surface area contributed by atoms with E-state index in [2.05, 4.69) is 28.7 Å². The van der Waals surface area contributed by atoms with Crippen LogP contribution in [0.4, 0.5) is 0 Å². The number of imidazole rings is 1. The van der Waals surface area contributed by atoms with Gasteiger partial charge in [0.05, 0.1) is 24.2 Å². The third-order valence-corrected chi connectivity index (χ3v) is 4.15. The van der Waals surface area contributed by atoms with Gasteiger partial charge in [-0.05, 0) is 19.3 Å². The van der Waals surface area contributed by atoms with Gasteiger partial charge in [-0.3, -0.25) is 0 Å². The fourth-order valence-electron chi connectivity index (χ4n) is 3.16. The van der Waals surface area contributed by atoms with E-state index >= 15 is 0 Å². The summed E-state index contributed by atoms with van der Waals surface area (Å²) in [5.74, 6) is 0.691. The largest absolute Gasteiger partial charge is 0.375 e. The molecule has 0 aliphatic carbocycles. The molecular formula is C14H23N3O. The molecule has 2 saturated heterocycles. The van der Waals surface area contributed by atoms with Gasteiger partial charge in [-0.15, -0.1) is 0 Å². The maximum absolute atomic E-state index is 5.92. The van der Waals surface area contributed by atoms with Crippen molar-refractivity contribution < 1.29 is 4.74 Å². The second-order valence-corrected chi connectivity index (χ2v) is 5.94. The molecule has 0 amide bonds. The van der Waals surface area contributed by atoms with Crippen molar-refractivity contribution >= 4 is 0 Å². The number of nitrogens with zero attached hydrogens (tertiary/aromatic N) is 2. The fraction of sp³-hybridized carbons (Fsp3) is 0.786. The van der Waals surface area contributed by atoms with E-state index < -0.39 is 0 Å². The summed E-state index contributed by atoms with van der Waals surface area (Å²) in [6, 6.07) is 0.513. The minimum atomic E-state index is 0.503. The van der Waals surface area contributed by atoms with Crippen LogP contribution in [0.5, 0.6) is 0 Å². The average Bonchev–Trinajstić information content (AvgIpc) is 3.02. The Kier molecular flexibility index (Phi) is 3.39. The molecule has 0 radical (unpaired) electrons. The van der Waals surface area contributed by atoms with Crippen molar-refractivity contribution in [1.29, 1.82) is 0 Å². The van der Waals surface area contributed by atoms with Gasteiger partial charge in [-0.25, -0.2) is 4.98 Å². The third kappa shape index (κ3) is 2.45. The van der Waals surface area contributed by atoms with Gasteiger partial charge in [0.2, 0.25) is 0 Å². The number of aromatic nitrogens is 2. The number of ether oxygens (including phenoxy) is 1. The molecule has 3 unspecified atom stereocenters. The Morgan fingerprint density at radius 2 is 2.39 bits per heavy atom. The van der Waals surface area contributed by atoms with E-state index in [0.29, 0.717) is 24.2 Å². The Labute approximate surface area is 109 Å². The predicted molar refractivity (Wildman–Crippen MR) is 70.2 cm³/mol. The van der Waals surface area contributed by atoms with Crippen LogP contribution in [0.3, 0.4) is 0 Å². The highest BCUT2D eigenvalue weighted by atomic mass is 16.5. The number of rotatable bonds is 5. The summed E-state index contributed by atoms with van der Waals surface area (Å²) in [6.45, 7) is 6.31. The lowest BCUT2D eigenvalue weighted by Gasteiger charge is -2.20. The van der Waals surface area contributed by atoms with Crippen LogP contribution in [0.1, 0.15) is 38.8 Å². The molecule has 100 valence electrons. The third-order valence-electron chi connectivity index (χ3n) is 4.15. The van der Waals surface area contributed by atoms with E-state index in [-0.39, 0.29) is 0 Å². The van der Waals surface area contributed by atoms with Gasteiger partial charge in [-0.2, -0.15) is 0 Å². The minimum Gasteiger partial charge on any atom is -0.375 e. The summed E-state index contributed by atoms with van der Waals surface area (Å²) in [6.07, 6.45) is 8.74. The van der Waals surface area contributed by atoms with Crippen LogP contribution in [-0.2, 0) is 17.8 Å². The van der Waals surface area contributed by atoms with Crippen molar-refractivity contribution in [1.82, 2.24) is 14.9 Å². The summed E-state index contributed by atoms with van der Waals surface area (Å²) in [7, 11) is 0. The van der Waals surface area contributed by atoms with Gasteiger partial charge in [0.25, 0.3) is 0 Å². The number of nitrogens with one attached hydrogen (secondary N) is 1. The summed E-state index contributed by atoms with van der Waals surface area (Å²) < 4.78 is 8.22. The average molecular weight is 249 g/mol. The zero-order valence-corrected chi connectivity index (χ0v) is 11.3. The fourth-order valence-corrected chi connectivity index (χ4v) is 3.16. The van der Waals surface area contributed by atoms with E-state index in [1.54, 1.807) is 0 Å². The van der Waals surface area contributed by atoms with Gasteiger partial charge < -0.3 is 14.6 Å². The molecular weight excluding hydrogens is 226 g/mol. The van der Waals surface area contributed by atoms with Crippen molar-refractivity contribution in [3.63, 3.8) is 0 Å². The molecule has 3 atom stereocenters. The Morgan fingerprint density at radius 1 is 1.50 bits per heavy atom. The van der Waals surface area contributed by atoms with Crippen LogP contribution in [0.15, 0.2) is 12.5 Å². The summed E-state index contributed by atoms with van der Waals surface area (Å²) in [5, 5.41) is 3.46. The Bertz CT molecular complexity index is 401. The van der Waals surface area contributed by atoms with Crippen molar-refractivity contribution in [2.75, 3.05) is 0 Å². The molecule has 4 heteroatoms. The van der Waals surface area contributed by atoms with Crippen LogP contribution >= 0.6 is 0 Å². The molecule has 2 aliphatic heterocycles. The zero-order chi connectivity index (χ0) is 12.5. The number of fused-ring (bicyclic) bond motifs is 2. The normalized spacial score (nSPS) is 30.5. The number of hydrogen-bond acceptors (Lipinski definition) is 3. The standard InChI is InChI=1S/C14H23N3O/c1-10(2)16-7-12-6-15-9-17(12)8-11-5-13-3-4-14(11)18-13/h6,9-11,13-14,16H,3-5,7-8H2,1-2H3. The van der Waals surface area contributed by atoms with Crippen LogP contribution < -0.4 is 5.32 Å². The lowest BCUT2D eigenvalue weighted by atomic mass is 9.89. The van der Waals surface area contributed by atoms with Crippen molar-refractivity contribution in [2.24, 2.45) is 5.92 Å². The van der Waals surface area contributed by atoms with Crippen LogP contribution in [0.25, 0.3) is 0 Å².